The van der Waals surface area contributed by atoms with Crippen LogP contribution in [0.3, 0.4) is 0 Å². The van der Waals surface area contributed by atoms with Crippen LogP contribution in [0.2, 0.25) is 0 Å². The van der Waals surface area contributed by atoms with Crippen LogP contribution in [0.4, 0.5) is 26.1 Å². The van der Waals surface area contributed by atoms with Gasteiger partial charge < -0.3 is 19.9 Å². The molecule has 12 heteroatoms. The summed E-state index contributed by atoms with van der Waals surface area (Å²) in [5, 5.41) is 10.5. The fourth-order valence-electron chi connectivity index (χ4n) is 3.47. The number of nitrogens with one attached hydrogen (secondary N) is 2. The van der Waals surface area contributed by atoms with Crippen LogP contribution in [0.5, 0.6) is 0 Å². The van der Waals surface area contributed by atoms with Crippen LogP contribution in [0.1, 0.15) is 0 Å². The number of ether oxygens (including phenoxy) is 1. The Hall–Kier alpha value is -3.28. The Morgan fingerprint density at radius 1 is 1.17 bits per heavy atom. The highest BCUT2D eigenvalue weighted by atomic mass is 19.1. The lowest BCUT2D eigenvalue weighted by atomic mass is 10.2. The molecule has 0 amide bonds. The number of aromatic amines is 1. The molecule has 3 heterocycles. The molecule has 1 aromatic carbocycles. The van der Waals surface area contributed by atoms with Crippen LogP contribution in [0, 0.1) is 11.6 Å². The second kappa shape index (κ2) is 8.22. The first-order chi connectivity index (χ1) is 14.5. The molecular weight excluding hydrogens is 398 g/mol. The molecule has 1 aliphatic rings. The molecule has 1 aliphatic heterocycles. The summed E-state index contributed by atoms with van der Waals surface area (Å²) in [5.41, 5.74) is 0.483. The van der Waals surface area contributed by atoms with Gasteiger partial charge in [-0.15, -0.1) is 5.10 Å². The number of piperazine rings is 1. The van der Waals surface area contributed by atoms with Crippen LogP contribution in [-0.2, 0) is 11.8 Å². The van der Waals surface area contributed by atoms with Gasteiger partial charge in [0.2, 0.25) is 5.95 Å². The lowest BCUT2D eigenvalue weighted by Crippen LogP contribution is -2.48. The molecule has 0 unspecified atom stereocenters. The lowest BCUT2D eigenvalue weighted by Gasteiger charge is -2.36. The van der Waals surface area contributed by atoms with Crippen LogP contribution in [0.15, 0.2) is 16.9 Å². The van der Waals surface area contributed by atoms with Gasteiger partial charge in [0.05, 0.1) is 6.61 Å². The number of hydrogen-bond donors (Lipinski definition) is 2. The summed E-state index contributed by atoms with van der Waals surface area (Å²) in [7, 11) is 3.21. The van der Waals surface area contributed by atoms with E-state index < -0.39 is 11.6 Å². The van der Waals surface area contributed by atoms with Crippen molar-refractivity contribution in [3.63, 3.8) is 0 Å². The first-order valence-electron chi connectivity index (χ1n) is 9.49. The van der Waals surface area contributed by atoms with Crippen molar-refractivity contribution in [1.29, 1.82) is 0 Å². The molecule has 30 heavy (non-hydrogen) atoms. The van der Waals surface area contributed by atoms with Crippen molar-refractivity contribution in [2.75, 3.05) is 61.6 Å². The number of benzene rings is 1. The highest BCUT2D eigenvalue weighted by Crippen LogP contribution is 2.28. The maximum absolute atomic E-state index is 14.6. The fourth-order valence-corrected chi connectivity index (χ4v) is 3.47. The van der Waals surface area contributed by atoms with E-state index in [4.69, 9.17) is 4.74 Å². The van der Waals surface area contributed by atoms with E-state index in [1.165, 1.54) is 16.8 Å². The quantitative estimate of drug-likeness (QED) is 0.562. The average molecular weight is 420 g/mol. The number of halogens is 2. The van der Waals surface area contributed by atoms with Crippen molar-refractivity contribution in [1.82, 2.24) is 25.0 Å². The Labute approximate surface area is 170 Å². The molecule has 1 saturated heterocycles. The predicted octanol–water partition coefficient (Wildman–Crippen LogP) is 0.715. The summed E-state index contributed by atoms with van der Waals surface area (Å²) in [5.74, 6) is -0.870. The van der Waals surface area contributed by atoms with E-state index in [-0.39, 0.29) is 16.8 Å². The Kier molecular flexibility index (Phi) is 5.48. The van der Waals surface area contributed by atoms with Gasteiger partial charge in [-0.3, -0.25) is 9.78 Å². The van der Waals surface area contributed by atoms with Gasteiger partial charge in [-0.25, -0.2) is 13.5 Å². The van der Waals surface area contributed by atoms with Gasteiger partial charge in [-0.2, -0.15) is 4.98 Å². The third kappa shape index (κ3) is 3.77. The van der Waals surface area contributed by atoms with Crippen molar-refractivity contribution in [2.45, 2.75) is 0 Å². The smallest absolute Gasteiger partial charge is 0.282 e. The lowest BCUT2D eigenvalue weighted by molar-refractivity contribution is 0.211. The molecule has 2 N–H and O–H groups in total. The summed E-state index contributed by atoms with van der Waals surface area (Å²) >= 11 is 0. The van der Waals surface area contributed by atoms with Crippen molar-refractivity contribution in [3.8, 4) is 0 Å². The molecule has 3 aromatic rings. The topological polar surface area (TPSA) is 104 Å². The van der Waals surface area contributed by atoms with Crippen molar-refractivity contribution in [3.05, 3.63) is 34.1 Å². The SMILES string of the molecule is COCCNc1cc(F)c(N2CCN(c3nc4c(nnn4C)c(=O)[nH]3)CC2)c(F)c1. The van der Waals surface area contributed by atoms with E-state index in [0.29, 0.717) is 56.6 Å². The highest BCUT2D eigenvalue weighted by Gasteiger charge is 2.25. The summed E-state index contributed by atoms with van der Waals surface area (Å²) in [6.45, 7) is 2.50. The molecule has 0 spiro atoms. The summed E-state index contributed by atoms with van der Waals surface area (Å²) in [6.07, 6.45) is 0. The van der Waals surface area contributed by atoms with E-state index in [1.807, 2.05) is 4.90 Å². The number of anilines is 3. The summed E-state index contributed by atoms with van der Waals surface area (Å²) in [4.78, 5) is 22.8. The number of rotatable bonds is 6. The minimum atomic E-state index is -0.628. The predicted molar refractivity (Wildman–Crippen MR) is 108 cm³/mol. The first kappa shape index (κ1) is 20.0. The van der Waals surface area contributed by atoms with Crippen LogP contribution in [-0.4, -0.2) is 71.4 Å². The molecule has 0 aliphatic carbocycles. The Morgan fingerprint density at radius 2 is 1.83 bits per heavy atom. The molecule has 10 nitrogen and oxygen atoms in total. The third-order valence-corrected chi connectivity index (χ3v) is 5.00. The Balaban J connectivity index is 1.48. The number of methoxy groups -OCH3 is 1. The Morgan fingerprint density at radius 3 is 2.50 bits per heavy atom. The second-order valence-corrected chi connectivity index (χ2v) is 6.96. The maximum atomic E-state index is 14.6. The fraction of sp³-hybridized carbons (Fsp3) is 0.444. The van der Waals surface area contributed by atoms with E-state index >= 15 is 0 Å². The molecular formula is C18H22F2N8O2. The van der Waals surface area contributed by atoms with Crippen LogP contribution in [0.25, 0.3) is 11.2 Å². The van der Waals surface area contributed by atoms with Gasteiger partial charge in [-0.05, 0) is 12.1 Å². The zero-order valence-electron chi connectivity index (χ0n) is 16.7. The zero-order valence-corrected chi connectivity index (χ0v) is 16.7. The standard InChI is InChI=1S/C18H22F2N8O2/c1-26-16-14(24-25-26)17(29)23-18(22-16)28-6-4-27(5-7-28)15-12(19)9-11(10-13(15)20)21-3-8-30-2/h9-10,21H,3-8H2,1-2H3,(H,22,23,29). The molecule has 0 saturated carbocycles. The first-order valence-corrected chi connectivity index (χ1v) is 9.49. The molecule has 0 radical (unpaired) electrons. The van der Waals surface area contributed by atoms with Gasteiger partial charge in [0.1, 0.15) is 5.69 Å². The number of aromatic nitrogens is 5. The maximum Gasteiger partial charge on any atom is 0.282 e. The zero-order chi connectivity index (χ0) is 21.3. The van der Waals surface area contributed by atoms with E-state index in [2.05, 4.69) is 25.6 Å². The van der Waals surface area contributed by atoms with Crippen molar-refractivity contribution in [2.24, 2.45) is 7.05 Å². The van der Waals surface area contributed by atoms with Crippen LogP contribution >= 0.6 is 0 Å². The number of aryl methyl sites for hydroxylation is 1. The van der Waals surface area contributed by atoms with Crippen molar-refractivity contribution >= 4 is 28.5 Å². The summed E-state index contributed by atoms with van der Waals surface area (Å²) in [6, 6.07) is 2.56. The van der Waals surface area contributed by atoms with E-state index in [1.54, 1.807) is 19.1 Å². The molecule has 1 fully saturated rings. The third-order valence-electron chi connectivity index (χ3n) is 5.00. The molecule has 4 rings (SSSR count). The van der Waals surface area contributed by atoms with Gasteiger partial charge in [0.25, 0.3) is 5.56 Å². The number of nitrogens with zero attached hydrogens (tertiary/aromatic N) is 6. The minimum Gasteiger partial charge on any atom is -0.383 e. The normalized spacial score (nSPS) is 14.5. The molecule has 160 valence electrons. The van der Waals surface area contributed by atoms with Crippen molar-refractivity contribution < 1.29 is 13.5 Å². The molecule has 2 aromatic heterocycles. The monoisotopic (exact) mass is 420 g/mol. The Bertz CT molecular complexity index is 1080. The number of fused-ring (bicyclic) bond motifs is 1. The second-order valence-electron chi connectivity index (χ2n) is 6.96. The molecule has 0 atom stereocenters. The van der Waals surface area contributed by atoms with Crippen LogP contribution < -0.4 is 20.7 Å². The summed E-state index contributed by atoms with van der Waals surface area (Å²) < 4.78 is 35.6. The van der Waals surface area contributed by atoms with Gasteiger partial charge >= 0.3 is 0 Å². The minimum absolute atomic E-state index is 0.0559. The van der Waals surface area contributed by atoms with Gasteiger partial charge in [-0.1, -0.05) is 5.21 Å². The van der Waals surface area contributed by atoms with E-state index in [9.17, 15) is 13.6 Å². The van der Waals surface area contributed by atoms with E-state index in [0.717, 1.165) is 0 Å². The number of H-pyrrole nitrogens is 1. The number of hydrogen-bond acceptors (Lipinski definition) is 8. The molecule has 0 bridgehead atoms. The van der Waals surface area contributed by atoms with Gasteiger partial charge in [0.15, 0.2) is 22.8 Å². The highest BCUT2D eigenvalue weighted by molar-refractivity contribution is 5.69. The van der Waals surface area contributed by atoms with Gasteiger partial charge in [0, 0.05) is 52.6 Å². The largest absolute Gasteiger partial charge is 0.383 e. The average Bonchev–Trinajstić information content (AvgIpc) is 3.10.